The van der Waals surface area contributed by atoms with E-state index in [4.69, 9.17) is 4.74 Å². The van der Waals surface area contributed by atoms with Gasteiger partial charge in [-0.25, -0.2) is 0 Å². The highest BCUT2D eigenvalue weighted by Gasteiger charge is 2.36. The third kappa shape index (κ3) is 3.99. The Morgan fingerprint density at radius 3 is 1.52 bits per heavy atom. The first kappa shape index (κ1) is 29.8. The maximum absolute atomic E-state index is 6.42. The molecule has 54 heavy (non-hydrogen) atoms. The molecule has 0 aromatic heterocycles. The molecule has 0 atom stereocenters. The number of benzene rings is 10. The van der Waals surface area contributed by atoms with Crippen LogP contribution in [-0.4, -0.2) is 0 Å². The van der Waals surface area contributed by atoms with E-state index < -0.39 is 0 Å². The van der Waals surface area contributed by atoms with Crippen molar-refractivity contribution >= 4 is 43.1 Å². The van der Waals surface area contributed by atoms with Crippen molar-refractivity contribution in [3.05, 3.63) is 181 Å². The van der Waals surface area contributed by atoms with Gasteiger partial charge in [-0.15, -0.1) is 0 Å². The van der Waals surface area contributed by atoms with Gasteiger partial charge in [0.15, 0.2) is 0 Å². The Bertz CT molecular complexity index is 3200. The van der Waals surface area contributed by atoms with E-state index >= 15 is 0 Å². The Morgan fingerprint density at radius 1 is 0.333 bits per heavy atom. The van der Waals surface area contributed by atoms with Gasteiger partial charge in [0.1, 0.15) is 11.5 Å². The fourth-order valence-electron chi connectivity index (χ4n) is 9.83. The second kappa shape index (κ2) is 10.7. The average Bonchev–Trinajstić information content (AvgIpc) is 3.45. The van der Waals surface area contributed by atoms with Crippen molar-refractivity contribution in [2.45, 2.75) is 19.3 Å². The topological polar surface area (TPSA) is 9.23 Å². The molecular formula is C53H34O. The quantitative estimate of drug-likeness (QED) is 0.168. The zero-order valence-corrected chi connectivity index (χ0v) is 30.1. The van der Waals surface area contributed by atoms with E-state index in [1.165, 1.54) is 104 Å². The van der Waals surface area contributed by atoms with E-state index in [9.17, 15) is 0 Å². The highest BCUT2D eigenvalue weighted by molar-refractivity contribution is 6.27. The molecule has 0 saturated carbocycles. The molecule has 12 rings (SSSR count). The van der Waals surface area contributed by atoms with Gasteiger partial charge in [-0.05, 0) is 123 Å². The lowest BCUT2D eigenvalue weighted by Crippen LogP contribution is -2.15. The van der Waals surface area contributed by atoms with Gasteiger partial charge in [0, 0.05) is 16.4 Å². The van der Waals surface area contributed by atoms with Gasteiger partial charge >= 0.3 is 0 Å². The molecule has 1 aliphatic carbocycles. The van der Waals surface area contributed by atoms with Crippen molar-refractivity contribution in [1.29, 1.82) is 0 Å². The maximum Gasteiger partial charge on any atom is 0.135 e. The molecule has 0 amide bonds. The second-order valence-corrected chi connectivity index (χ2v) is 15.6. The predicted octanol–water partition coefficient (Wildman–Crippen LogP) is 14.8. The van der Waals surface area contributed by atoms with Gasteiger partial charge in [0.25, 0.3) is 0 Å². The molecule has 1 heteroatoms. The first-order valence-corrected chi connectivity index (χ1v) is 18.9. The minimum Gasteiger partial charge on any atom is -0.456 e. The Balaban J connectivity index is 0.983. The Hall–Kier alpha value is -6.70. The van der Waals surface area contributed by atoms with Crippen LogP contribution >= 0.6 is 0 Å². The summed E-state index contributed by atoms with van der Waals surface area (Å²) in [5.41, 5.74) is 15.2. The molecule has 0 fully saturated rings. The highest BCUT2D eigenvalue weighted by atomic mass is 16.5. The summed E-state index contributed by atoms with van der Waals surface area (Å²) in [6, 6.07) is 62.9. The van der Waals surface area contributed by atoms with Crippen molar-refractivity contribution in [2.75, 3.05) is 0 Å². The summed E-state index contributed by atoms with van der Waals surface area (Å²) in [6.45, 7) is 4.78. The summed E-state index contributed by atoms with van der Waals surface area (Å²) < 4.78 is 6.42. The summed E-state index contributed by atoms with van der Waals surface area (Å²) in [5.74, 6) is 1.84. The van der Waals surface area contributed by atoms with Crippen LogP contribution in [0.4, 0.5) is 0 Å². The second-order valence-electron chi connectivity index (χ2n) is 15.6. The fraction of sp³-hybridized carbons (Fsp3) is 0.0566. The van der Waals surface area contributed by atoms with E-state index in [1.807, 2.05) is 6.07 Å². The summed E-state index contributed by atoms with van der Waals surface area (Å²) in [7, 11) is 0. The number of ether oxygens (including phenoxy) is 1. The minimum atomic E-state index is -0.167. The van der Waals surface area contributed by atoms with Crippen LogP contribution in [0.25, 0.3) is 98.7 Å². The van der Waals surface area contributed by atoms with Gasteiger partial charge in [0.05, 0.1) is 0 Å². The summed E-state index contributed by atoms with van der Waals surface area (Å²) in [4.78, 5) is 0. The third-order valence-electron chi connectivity index (χ3n) is 12.4. The SMILES string of the molecule is CC1(C)c2cc(-c3ccc4c5c(cccc35)-c3ccccc3O4)ccc2-c2ccc(-c3ccc4ccc5c(-c6ccccc6)ccc6ccc3c4c65)cc21. The molecule has 1 aliphatic heterocycles. The summed E-state index contributed by atoms with van der Waals surface area (Å²) >= 11 is 0. The summed E-state index contributed by atoms with van der Waals surface area (Å²) in [5, 5.41) is 10.3. The fourth-order valence-corrected chi connectivity index (χ4v) is 9.83. The largest absolute Gasteiger partial charge is 0.456 e. The first-order valence-electron chi connectivity index (χ1n) is 18.9. The van der Waals surface area contributed by atoms with Gasteiger partial charge in [-0.2, -0.15) is 0 Å². The third-order valence-corrected chi connectivity index (χ3v) is 12.4. The zero-order chi connectivity index (χ0) is 35.7. The van der Waals surface area contributed by atoms with E-state index in [2.05, 4.69) is 178 Å². The van der Waals surface area contributed by atoms with Crippen molar-refractivity contribution in [3.63, 3.8) is 0 Å². The lowest BCUT2D eigenvalue weighted by atomic mass is 9.80. The van der Waals surface area contributed by atoms with Crippen molar-refractivity contribution < 1.29 is 4.74 Å². The van der Waals surface area contributed by atoms with Crippen LogP contribution in [-0.2, 0) is 5.41 Å². The van der Waals surface area contributed by atoms with Gasteiger partial charge in [-0.1, -0.05) is 159 Å². The Morgan fingerprint density at radius 2 is 0.852 bits per heavy atom. The molecule has 10 aromatic rings. The van der Waals surface area contributed by atoms with Crippen molar-refractivity contribution in [3.8, 4) is 67.1 Å². The standard InChI is InChI=1S/C53H34O/c1-53(2)46-29-34(37-22-16-33-17-25-44-36(31-9-4-3-5-10-31)21-15-32-18-26-45(37)51(33)50(32)44)19-23-39(46)40-24-20-35(30-47(40)53)38-27-28-49-52-42(38)12-8-13-43(52)41-11-6-7-14-48(41)54-49/h3-30H,1-2H3. The normalized spacial score (nSPS) is 13.7. The van der Waals surface area contributed by atoms with E-state index in [1.54, 1.807) is 0 Å². The van der Waals surface area contributed by atoms with Crippen LogP contribution in [0.1, 0.15) is 25.0 Å². The van der Waals surface area contributed by atoms with Gasteiger partial charge in [-0.3, -0.25) is 0 Å². The van der Waals surface area contributed by atoms with Crippen LogP contribution in [0.3, 0.4) is 0 Å². The molecule has 2 aliphatic rings. The molecular weight excluding hydrogens is 653 g/mol. The lowest BCUT2D eigenvalue weighted by Gasteiger charge is -2.24. The van der Waals surface area contributed by atoms with Gasteiger partial charge < -0.3 is 4.74 Å². The molecule has 0 saturated heterocycles. The molecule has 0 bridgehead atoms. The Kier molecular flexibility index (Phi) is 5.90. The smallest absolute Gasteiger partial charge is 0.135 e. The van der Waals surface area contributed by atoms with Crippen LogP contribution in [0.15, 0.2) is 170 Å². The number of hydrogen-bond donors (Lipinski definition) is 0. The predicted molar refractivity (Wildman–Crippen MR) is 227 cm³/mol. The molecule has 0 N–H and O–H groups in total. The maximum atomic E-state index is 6.42. The number of para-hydroxylation sites is 1. The first-order chi connectivity index (χ1) is 26.5. The average molecular weight is 687 g/mol. The van der Waals surface area contributed by atoms with E-state index in [-0.39, 0.29) is 5.41 Å². The van der Waals surface area contributed by atoms with E-state index in [0.717, 1.165) is 17.1 Å². The van der Waals surface area contributed by atoms with Crippen molar-refractivity contribution in [2.24, 2.45) is 0 Å². The number of fused-ring (bicyclic) bond motifs is 5. The molecule has 252 valence electrons. The zero-order valence-electron chi connectivity index (χ0n) is 30.1. The van der Waals surface area contributed by atoms with Crippen molar-refractivity contribution in [1.82, 2.24) is 0 Å². The molecule has 0 unspecified atom stereocenters. The monoisotopic (exact) mass is 686 g/mol. The molecule has 10 aromatic carbocycles. The molecule has 1 heterocycles. The summed E-state index contributed by atoms with van der Waals surface area (Å²) in [6.07, 6.45) is 0. The van der Waals surface area contributed by atoms with Crippen LogP contribution in [0.5, 0.6) is 11.5 Å². The molecule has 1 nitrogen and oxygen atoms in total. The molecule has 0 spiro atoms. The van der Waals surface area contributed by atoms with Crippen LogP contribution < -0.4 is 4.74 Å². The number of hydrogen-bond acceptors (Lipinski definition) is 1. The van der Waals surface area contributed by atoms with Crippen LogP contribution in [0, 0.1) is 0 Å². The molecule has 0 radical (unpaired) electrons. The van der Waals surface area contributed by atoms with E-state index in [0.29, 0.717) is 0 Å². The Labute approximate surface area is 314 Å². The highest BCUT2D eigenvalue weighted by Crippen LogP contribution is 2.53. The van der Waals surface area contributed by atoms with Gasteiger partial charge in [0.2, 0.25) is 0 Å². The lowest BCUT2D eigenvalue weighted by molar-refractivity contribution is 0.487. The van der Waals surface area contributed by atoms with Crippen LogP contribution in [0.2, 0.25) is 0 Å². The number of rotatable bonds is 3. The minimum absolute atomic E-state index is 0.167.